The number of rotatable bonds is 7. The monoisotopic (exact) mass is 504 g/mol. The number of pyridine rings is 1. The molecule has 2 aromatic carbocycles. The van der Waals surface area contributed by atoms with E-state index in [1.54, 1.807) is 19.2 Å². The van der Waals surface area contributed by atoms with E-state index < -0.39 is 0 Å². The fourth-order valence-corrected chi connectivity index (χ4v) is 5.04. The number of anilines is 1. The number of piperazine rings is 1. The van der Waals surface area contributed by atoms with Crippen LogP contribution in [0.3, 0.4) is 0 Å². The summed E-state index contributed by atoms with van der Waals surface area (Å²) in [6.07, 6.45) is 0.843. The van der Waals surface area contributed by atoms with E-state index in [1.165, 1.54) is 4.90 Å². The second-order valence-electron chi connectivity index (χ2n) is 10.2. The van der Waals surface area contributed by atoms with E-state index in [-0.39, 0.29) is 22.9 Å². The van der Waals surface area contributed by atoms with Crippen molar-refractivity contribution < 1.29 is 14.7 Å². The first-order valence-corrected chi connectivity index (χ1v) is 12.7. The lowest BCUT2D eigenvalue weighted by atomic mass is 9.99. The summed E-state index contributed by atoms with van der Waals surface area (Å²) in [6, 6.07) is 14.6. The van der Waals surface area contributed by atoms with Gasteiger partial charge in [0.1, 0.15) is 11.5 Å². The number of nitrogens with one attached hydrogen (secondary N) is 2. The molecule has 3 heterocycles. The Morgan fingerprint density at radius 3 is 2.54 bits per heavy atom. The Morgan fingerprint density at radius 2 is 1.86 bits per heavy atom. The van der Waals surface area contributed by atoms with Crippen LogP contribution in [0.2, 0.25) is 0 Å². The van der Waals surface area contributed by atoms with Gasteiger partial charge in [0.25, 0.3) is 5.56 Å². The minimum absolute atomic E-state index is 0.150. The average Bonchev–Trinajstić information content (AvgIpc) is 3.40. The van der Waals surface area contributed by atoms with E-state index in [9.17, 15) is 9.90 Å². The normalized spacial score (nSPS) is 15.7. The number of hydrogen-bond donors (Lipinski definition) is 3. The van der Waals surface area contributed by atoms with E-state index in [2.05, 4.69) is 46.2 Å². The Labute approximate surface area is 215 Å². The minimum Gasteiger partial charge on any atom is -0.508 e. The van der Waals surface area contributed by atoms with Crippen LogP contribution in [0.4, 0.5) is 5.69 Å². The Morgan fingerprint density at radius 1 is 1.14 bits per heavy atom. The van der Waals surface area contributed by atoms with Crippen LogP contribution in [0.15, 0.2) is 53.3 Å². The van der Waals surface area contributed by atoms with Gasteiger partial charge in [-0.3, -0.25) is 4.79 Å². The van der Waals surface area contributed by atoms with E-state index in [0.717, 1.165) is 49.2 Å². The lowest BCUT2D eigenvalue weighted by molar-refractivity contribution is -0.927. The maximum Gasteiger partial charge on any atom is 0.258 e. The summed E-state index contributed by atoms with van der Waals surface area (Å²) in [6.45, 7) is 9.53. The number of benzene rings is 2. The number of quaternary nitrogens is 1. The highest BCUT2D eigenvalue weighted by Crippen LogP contribution is 2.26. The number of tetrazole rings is 1. The molecule has 0 aliphatic carbocycles. The van der Waals surface area contributed by atoms with Crippen molar-refractivity contribution in [2.45, 2.75) is 38.8 Å². The number of methoxy groups -OCH3 is 1. The highest BCUT2D eigenvalue weighted by molar-refractivity contribution is 5.80. The quantitative estimate of drug-likeness (QED) is 0.352. The van der Waals surface area contributed by atoms with Gasteiger partial charge in [-0.05, 0) is 78.5 Å². The van der Waals surface area contributed by atoms with Gasteiger partial charge >= 0.3 is 0 Å². The lowest BCUT2D eigenvalue weighted by Crippen LogP contribution is -3.15. The van der Waals surface area contributed by atoms with Gasteiger partial charge in [-0.2, -0.15) is 0 Å². The predicted octanol–water partition coefficient (Wildman–Crippen LogP) is 1.87. The number of aromatic amines is 1. The predicted molar refractivity (Wildman–Crippen MR) is 141 cm³/mol. The number of phenolic OH excluding ortho intramolecular Hbond substituents is 1. The van der Waals surface area contributed by atoms with Gasteiger partial charge in [0.05, 0.1) is 49.9 Å². The van der Waals surface area contributed by atoms with Crippen molar-refractivity contribution in [1.29, 1.82) is 0 Å². The smallest absolute Gasteiger partial charge is 0.258 e. The van der Waals surface area contributed by atoms with Crippen LogP contribution < -0.4 is 20.1 Å². The van der Waals surface area contributed by atoms with Crippen LogP contribution in [-0.2, 0) is 5.54 Å². The summed E-state index contributed by atoms with van der Waals surface area (Å²) in [4.78, 5) is 20.1. The van der Waals surface area contributed by atoms with Crippen molar-refractivity contribution in [3.8, 4) is 11.5 Å². The summed E-state index contributed by atoms with van der Waals surface area (Å²) < 4.78 is 7.22. The zero-order valence-electron chi connectivity index (χ0n) is 21.7. The molecule has 37 heavy (non-hydrogen) atoms. The number of aromatic hydroxyl groups is 1. The van der Waals surface area contributed by atoms with Crippen LogP contribution >= 0.6 is 0 Å². The second kappa shape index (κ2) is 9.85. The summed E-state index contributed by atoms with van der Waals surface area (Å²) in [5.74, 6) is 1.64. The summed E-state index contributed by atoms with van der Waals surface area (Å²) >= 11 is 0. The number of H-pyrrole nitrogens is 1. The van der Waals surface area contributed by atoms with Crippen LogP contribution in [0.25, 0.3) is 10.9 Å². The fraction of sp³-hybridized carbons (Fsp3) is 0.407. The van der Waals surface area contributed by atoms with E-state index in [4.69, 9.17) is 4.74 Å². The summed E-state index contributed by atoms with van der Waals surface area (Å²) in [7, 11) is 1.61. The molecule has 1 atom stereocenters. The molecule has 0 unspecified atom stereocenters. The molecule has 0 spiro atoms. The molecule has 3 N–H and O–H groups in total. The number of aromatic nitrogens is 5. The Balaban J connectivity index is 1.55. The molecule has 1 aliphatic rings. The van der Waals surface area contributed by atoms with Crippen LogP contribution in [0.1, 0.15) is 44.6 Å². The maximum absolute atomic E-state index is 13.5. The number of nitrogens with zero attached hydrogens (tertiary/aromatic N) is 5. The molecule has 1 fully saturated rings. The highest BCUT2D eigenvalue weighted by atomic mass is 16.5. The van der Waals surface area contributed by atoms with Crippen molar-refractivity contribution in [2.75, 3.05) is 38.2 Å². The minimum atomic E-state index is -0.335. The van der Waals surface area contributed by atoms with E-state index in [1.807, 2.05) is 41.1 Å². The Bertz CT molecular complexity index is 1440. The fourth-order valence-electron chi connectivity index (χ4n) is 5.04. The molecule has 194 valence electrons. The maximum atomic E-state index is 13.5. The molecule has 10 heteroatoms. The number of hydrogen-bond acceptors (Lipinski definition) is 7. The second-order valence-corrected chi connectivity index (χ2v) is 10.2. The molecule has 10 nitrogen and oxygen atoms in total. The zero-order chi connectivity index (χ0) is 26.2. The average molecular weight is 505 g/mol. The third-order valence-electron chi connectivity index (χ3n) is 7.61. The van der Waals surface area contributed by atoms with Crippen LogP contribution in [0.5, 0.6) is 11.5 Å². The SMILES string of the molecule is CCC(C)(C)n1nnnc1[C@@H](c1cc2ccc(OC)cc2[nH]c1=O)[NH+]1CCN(c2ccc(O)cc2)CC1. The molecular formula is C27H34N7O3+. The highest BCUT2D eigenvalue weighted by Gasteiger charge is 2.38. The van der Waals surface area contributed by atoms with Crippen LogP contribution in [0, 0.1) is 0 Å². The molecule has 0 amide bonds. The largest absolute Gasteiger partial charge is 0.508 e. The van der Waals surface area contributed by atoms with Gasteiger partial charge in [0, 0.05) is 11.8 Å². The molecule has 1 saturated heterocycles. The number of fused-ring (bicyclic) bond motifs is 1. The van der Waals surface area contributed by atoms with Crippen molar-refractivity contribution in [1.82, 2.24) is 25.2 Å². The lowest BCUT2D eigenvalue weighted by Gasteiger charge is -2.37. The first-order valence-electron chi connectivity index (χ1n) is 12.7. The first kappa shape index (κ1) is 24.8. The standard InChI is InChI=1S/C27H33N7O3/c1-5-27(2,3)34-25(29-30-31-34)24(22-16-18-6-11-21(37-4)17-23(18)28-26(22)36)33-14-12-32(13-15-33)19-7-9-20(35)10-8-19/h6-11,16-17,24,35H,5,12-15H2,1-4H3,(H,28,36)/p+1/t24-/m1/s1. The third kappa shape index (κ3) is 4.76. The van der Waals surface area contributed by atoms with Gasteiger partial charge in [0.15, 0.2) is 6.04 Å². The van der Waals surface area contributed by atoms with Crippen molar-refractivity contribution in [2.24, 2.45) is 0 Å². The zero-order valence-corrected chi connectivity index (χ0v) is 21.7. The van der Waals surface area contributed by atoms with Crippen molar-refractivity contribution >= 4 is 16.6 Å². The third-order valence-corrected chi connectivity index (χ3v) is 7.61. The molecular weight excluding hydrogens is 470 g/mol. The van der Waals surface area contributed by atoms with Gasteiger partial charge in [0.2, 0.25) is 5.82 Å². The van der Waals surface area contributed by atoms with Crippen LogP contribution in [-0.4, -0.2) is 63.6 Å². The van der Waals surface area contributed by atoms with E-state index >= 15 is 0 Å². The summed E-state index contributed by atoms with van der Waals surface area (Å²) in [5, 5.41) is 23.5. The molecule has 5 rings (SSSR count). The molecule has 1 aliphatic heterocycles. The Hall–Kier alpha value is -3.92. The van der Waals surface area contributed by atoms with Gasteiger partial charge in [-0.25, -0.2) is 4.68 Å². The molecule has 0 bridgehead atoms. The first-order chi connectivity index (χ1) is 17.8. The van der Waals surface area contributed by atoms with Crippen molar-refractivity contribution in [3.05, 3.63) is 70.3 Å². The topological polar surface area (TPSA) is 114 Å². The molecule has 0 saturated carbocycles. The number of phenols is 1. The van der Waals surface area contributed by atoms with E-state index in [0.29, 0.717) is 17.1 Å². The Kier molecular flexibility index (Phi) is 6.59. The molecule has 4 aromatic rings. The van der Waals surface area contributed by atoms with Gasteiger partial charge in [-0.1, -0.05) is 6.92 Å². The number of ether oxygens (including phenoxy) is 1. The summed E-state index contributed by atoms with van der Waals surface area (Å²) in [5.41, 5.74) is 1.99. The molecule has 2 aromatic heterocycles. The van der Waals surface area contributed by atoms with Crippen molar-refractivity contribution in [3.63, 3.8) is 0 Å². The molecule has 0 radical (unpaired) electrons. The van der Waals surface area contributed by atoms with Gasteiger partial charge in [-0.15, -0.1) is 5.10 Å². The van der Waals surface area contributed by atoms with Gasteiger partial charge < -0.3 is 24.6 Å².